The number of hydrazone groups is 1. The van der Waals surface area contributed by atoms with E-state index in [0.29, 0.717) is 5.56 Å². The van der Waals surface area contributed by atoms with Crippen molar-refractivity contribution in [2.24, 2.45) is 10.8 Å². The lowest BCUT2D eigenvalue weighted by Crippen LogP contribution is -2.21. The number of rotatable bonds is 6. The van der Waals surface area contributed by atoms with Gasteiger partial charge < -0.3 is 15.5 Å². The topological polar surface area (TPSA) is 114 Å². The molecule has 93 valence electrons. The van der Waals surface area contributed by atoms with Crippen molar-refractivity contribution >= 4 is 25.4 Å². The van der Waals surface area contributed by atoms with Gasteiger partial charge in [-0.3, -0.25) is 9.59 Å². The molecule has 0 aliphatic heterocycles. The zero-order valence-corrected chi connectivity index (χ0v) is 9.29. The lowest BCUT2D eigenvalue weighted by Gasteiger charge is -1.99. The lowest BCUT2D eigenvalue weighted by molar-refractivity contribution is -0.119. The highest BCUT2D eigenvalue weighted by molar-refractivity contribution is 6.62. The Morgan fingerprint density at radius 1 is 1.56 bits per heavy atom. The van der Waals surface area contributed by atoms with Crippen LogP contribution in [0, 0.1) is 0 Å². The number of nitrogens with two attached hydrogens (primary N) is 1. The van der Waals surface area contributed by atoms with Crippen LogP contribution in [-0.2, 0) is 9.45 Å². The van der Waals surface area contributed by atoms with E-state index in [2.05, 4.69) is 10.5 Å². The van der Waals surface area contributed by atoms with Gasteiger partial charge >= 0.3 is 7.48 Å². The number of hydrogen-bond acceptors (Lipinski definition) is 5. The van der Waals surface area contributed by atoms with Gasteiger partial charge in [0.05, 0.1) is 0 Å². The van der Waals surface area contributed by atoms with E-state index in [0.717, 1.165) is 13.6 Å². The molecule has 2 amide bonds. The Kier molecular flexibility index (Phi) is 4.76. The van der Waals surface area contributed by atoms with E-state index in [-0.39, 0.29) is 12.4 Å². The summed E-state index contributed by atoms with van der Waals surface area (Å²) in [7, 11) is 1.10. The average Bonchev–Trinajstić information content (AvgIpc) is 2.42. The normalized spacial score (nSPS) is 10.8. The number of nitrogens with zero attached hydrogens (tertiary/aromatic N) is 1. The number of carbonyl (C=O) groups excluding carboxylic acids is 2. The summed E-state index contributed by atoms with van der Waals surface area (Å²) in [5.74, 6) is -0.985. The molecule has 1 aromatic rings. The van der Waals surface area contributed by atoms with Crippen LogP contribution in [0.15, 0.2) is 29.4 Å². The fourth-order valence-electron chi connectivity index (χ4n) is 0.971. The first-order valence-corrected chi connectivity index (χ1v) is 4.90. The number of phenolic OH excluding ortho intramolecular Hbond substituents is 1. The molecule has 0 aliphatic rings. The van der Waals surface area contributed by atoms with Crippen molar-refractivity contribution < 1.29 is 20.8 Å². The van der Waals surface area contributed by atoms with Gasteiger partial charge in [0.1, 0.15) is 12.4 Å². The van der Waals surface area contributed by atoms with Gasteiger partial charge in [-0.25, -0.2) is 5.43 Å². The number of amides is 2. The fourth-order valence-corrected chi connectivity index (χ4v) is 0.971. The Morgan fingerprint density at radius 3 is 2.94 bits per heavy atom. The van der Waals surface area contributed by atoms with Gasteiger partial charge in [0.15, 0.2) is 1.41 Å². The van der Waals surface area contributed by atoms with E-state index in [1.54, 1.807) is 5.73 Å². The molecule has 0 atom stereocenters. The molecular formula is C10H11BN3O4. The predicted molar refractivity (Wildman–Crippen MR) is 65.0 cm³/mol. The van der Waals surface area contributed by atoms with Crippen LogP contribution in [0.3, 0.4) is 0 Å². The summed E-state index contributed by atoms with van der Waals surface area (Å²) in [5.41, 5.74) is 4.19. The van der Waals surface area contributed by atoms with Gasteiger partial charge in [0.2, 0.25) is 5.91 Å². The highest BCUT2D eigenvalue weighted by atomic mass is 16.4. The van der Waals surface area contributed by atoms with Crippen molar-refractivity contribution in [1.82, 2.24) is 5.43 Å². The van der Waals surface area contributed by atoms with Gasteiger partial charge in [0.25, 0.3) is 5.91 Å². The van der Waals surface area contributed by atoms with E-state index in [1.165, 1.54) is 24.3 Å². The molecule has 0 unspecified atom stereocenters. The molecule has 0 saturated heterocycles. The van der Waals surface area contributed by atoms with Crippen molar-refractivity contribution in [2.45, 2.75) is 0 Å². The standard InChI is InChI=1S/C10H11BN3O4/c12-9(16)5-18-11-6-13-14-10(17)7-1-3-8(15)4-2-7/h1-4,6,15H,5H2,(H2,12,16)(H,14,17)/b13-6+/i/hD. The quantitative estimate of drug-likeness (QED) is 0.264. The zero-order chi connectivity index (χ0) is 14.1. The molecule has 0 spiro atoms. The number of phenols is 1. The molecule has 4 N–H and O–H groups in total. The first-order chi connectivity index (χ1) is 9.13. The minimum absolute atomic E-state index is 0.0643. The van der Waals surface area contributed by atoms with Crippen LogP contribution in [0.2, 0.25) is 1.41 Å². The van der Waals surface area contributed by atoms with Crippen molar-refractivity contribution in [3.63, 3.8) is 0 Å². The maximum Gasteiger partial charge on any atom is 0.344 e. The molecule has 18 heavy (non-hydrogen) atoms. The lowest BCUT2D eigenvalue weighted by atomic mass is 10.1. The zero-order valence-electron chi connectivity index (χ0n) is 10.3. The van der Waals surface area contributed by atoms with Crippen LogP contribution in [0.4, 0.5) is 0 Å². The summed E-state index contributed by atoms with van der Waals surface area (Å²) in [5, 5.41) is 12.6. The Morgan fingerprint density at radius 2 is 2.28 bits per heavy atom. The molecular weight excluding hydrogens is 237 g/mol. The van der Waals surface area contributed by atoms with Gasteiger partial charge in [-0.1, -0.05) is 0 Å². The summed E-state index contributed by atoms with van der Waals surface area (Å²) in [4.78, 5) is 22.1. The SMILES string of the molecule is [2H]NC(=O)CO[B]/C=N/NC(=O)c1ccc(O)cc1. The second kappa shape index (κ2) is 7.07. The van der Waals surface area contributed by atoms with Crippen LogP contribution >= 0.6 is 0 Å². The summed E-state index contributed by atoms with van der Waals surface area (Å²) in [6.07, 6.45) is 1.15. The number of benzene rings is 1. The molecule has 0 aliphatic carbocycles. The Labute approximate surface area is 105 Å². The Bertz CT molecular complexity index is 466. The molecule has 0 aromatic heterocycles. The average molecular weight is 249 g/mol. The van der Waals surface area contributed by atoms with Gasteiger partial charge in [0, 0.05) is 11.7 Å². The molecule has 1 rings (SSSR count). The third-order valence-electron chi connectivity index (χ3n) is 1.74. The van der Waals surface area contributed by atoms with Crippen LogP contribution in [-0.4, -0.2) is 37.1 Å². The molecule has 0 fully saturated rings. The van der Waals surface area contributed by atoms with Gasteiger partial charge in [-0.2, -0.15) is 5.10 Å². The number of nitrogens with one attached hydrogen (secondary N) is 1. The maximum atomic E-state index is 11.5. The van der Waals surface area contributed by atoms with Crippen LogP contribution in [0.1, 0.15) is 10.4 Å². The second-order valence-electron chi connectivity index (χ2n) is 3.14. The van der Waals surface area contributed by atoms with Crippen LogP contribution < -0.4 is 11.2 Å². The van der Waals surface area contributed by atoms with Gasteiger partial charge in [-0.15, -0.1) is 0 Å². The predicted octanol–water partition coefficient (Wildman–Crippen LogP) is -0.814. The number of carbonyl (C=O) groups is 2. The Balaban J connectivity index is 2.26. The Hall–Kier alpha value is -2.35. The summed E-state index contributed by atoms with van der Waals surface area (Å²) >= 11 is 0. The molecule has 0 heterocycles. The second-order valence-corrected chi connectivity index (χ2v) is 3.14. The summed E-state index contributed by atoms with van der Waals surface area (Å²) in [6, 6.07) is 5.65. The summed E-state index contributed by atoms with van der Waals surface area (Å²) in [6.45, 7) is -0.304. The van der Waals surface area contributed by atoms with Crippen molar-refractivity contribution in [1.29, 1.82) is 0 Å². The highest BCUT2D eigenvalue weighted by Gasteiger charge is 2.03. The number of hydrogen-bond donors (Lipinski definition) is 3. The van der Waals surface area contributed by atoms with Crippen LogP contribution in [0.5, 0.6) is 5.75 Å². The first kappa shape index (κ1) is 12.1. The number of aromatic hydroxyl groups is 1. The maximum absolute atomic E-state index is 11.5. The van der Waals surface area contributed by atoms with E-state index in [4.69, 9.17) is 11.2 Å². The van der Waals surface area contributed by atoms with E-state index in [9.17, 15) is 9.59 Å². The van der Waals surface area contributed by atoms with E-state index < -0.39 is 11.8 Å². The number of primary amides is 1. The largest absolute Gasteiger partial charge is 0.508 e. The smallest absolute Gasteiger partial charge is 0.344 e. The van der Waals surface area contributed by atoms with E-state index >= 15 is 0 Å². The highest BCUT2D eigenvalue weighted by Crippen LogP contribution is 2.09. The first-order valence-electron chi connectivity index (χ1n) is 5.40. The minimum atomic E-state index is -0.599. The van der Waals surface area contributed by atoms with Crippen LogP contribution in [0.25, 0.3) is 0 Å². The van der Waals surface area contributed by atoms with E-state index in [1.807, 2.05) is 0 Å². The minimum Gasteiger partial charge on any atom is -0.508 e. The molecule has 7 nitrogen and oxygen atoms in total. The van der Waals surface area contributed by atoms with Crippen molar-refractivity contribution in [3.8, 4) is 5.75 Å². The van der Waals surface area contributed by atoms with Crippen molar-refractivity contribution in [3.05, 3.63) is 29.8 Å². The third kappa shape index (κ3) is 5.13. The molecule has 8 heteroatoms. The monoisotopic (exact) mass is 249 g/mol. The fraction of sp³-hybridized carbons (Fsp3) is 0.100. The molecule has 0 bridgehead atoms. The third-order valence-corrected chi connectivity index (χ3v) is 1.74. The molecule has 0 saturated carbocycles. The summed E-state index contributed by atoms with van der Waals surface area (Å²) < 4.78 is 11.2. The molecule has 1 radical (unpaired) electrons. The van der Waals surface area contributed by atoms with Crippen molar-refractivity contribution in [2.75, 3.05) is 6.61 Å². The van der Waals surface area contributed by atoms with Gasteiger partial charge in [-0.05, 0) is 24.3 Å². The molecule has 1 aromatic carbocycles.